The lowest BCUT2D eigenvalue weighted by Gasteiger charge is -2.37. The molecule has 168 valence electrons. The fourth-order valence-corrected chi connectivity index (χ4v) is 4.45. The molecule has 0 aromatic rings. The number of aliphatic imine (C=N–C) groups is 1. The first-order chi connectivity index (χ1) is 14.5. The number of nitrogens with one attached hydrogen (secondary N) is 2. The van der Waals surface area contributed by atoms with Gasteiger partial charge in [-0.15, -0.1) is 5.48 Å². The first-order valence-electron chi connectivity index (χ1n) is 10.8. The molecule has 0 aromatic carbocycles. The number of hydroxylamine groups is 2. The third-order valence-electron chi connectivity index (χ3n) is 6.29. The number of carbonyl (C=O) groups is 3. The quantitative estimate of drug-likeness (QED) is 0.287. The molecule has 0 spiro atoms. The largest absolute Gasteiger partial charge is 0.469 e. The van der Waals surface area contributed by atoms with Crippen LogP contribution in [0.25, 0.3) is 0 Å². The lowest BCUT2D eigenvalue weighted by molar-refractivity contribution is -0.156. The van der Waals surface area contributed by atoms with Crippen LogP contribution in [0, 0.1) is 17.8 Å². The molecule has 30 heavy (non-hydrogen) atoms. The second kappa shape index (κ2) is 10.7. The minimum atomic E-state index is -0.892. The molecule has 1 saturated carbocycles. The number of likely N-dealkylation sites (tertiary alicyclic amines) is 1. The summed E-state index contributed by atoms with van der Waals surface area (Å²) in [6.45, 7) is 0.596. The zero-order chi connectivity index (χ0) is 21.5. The summed E-state index contributed by atoms with van der Waals surface area (Å²) in [5, 5.41) is 8.90. The van der Waals surface area contributed by atoms with Gasteiger partial charge in [0, 0.05) is 25.4 Å². The monoisotopic (exact) mass is 424 g/mol. The van der Waals surface area contributed by atoms with E-state index in [2.05, 4.69) is 15.2 Å². The van der Waals surface area contributed by atoms with E-state index in [4.69, 9.17) is 10.0 Å². The highest BCUT2D eigenvalue weighted by Crippen LogP contribution is 2.29. The Morgan fingerprint density at radius 2 is 2.03 bits per heavy atom. The number of carbonyl (C=O) groups excluding carboxylic acids is 3. The van der Waals surface area contributed by atoms with Crippen molar-refractivity contribution in [1.29, 1.82) is 0 Å². The minimum Gasteiger partial charge on any atom is -0.469 e. The van der Waals surface area contributed by atoms with E-state index in [1.54, 1.807) is 5.48 Å². The molecule has 2 atom stereocenters. The highest BCUT2D eigenvalue weighted by atomic mass is 16.7. The Morgan fingerprint density at radius 3 is 2.70 bits per heavy atom. The van der Waals surface area contributed by atoms with Gasteiger partial charge in [0.05, 0.1) is 13.0 Å². The standard InChI is InChI=1S/C20H32N4O6/c1-29-20(27)15-11-24(12-15)19(26)17-21-18(30-23-17)14(10-16(25)22-28)9-5-8-13-6-3-2-4-7-13/h13-15,17,23,28H,2-12H2,1H3,(H,22,25)/t14-,17?/m1/s1. The van der Waals surface area contributed by atoms with Gasteiger partial charge in [-0.25, -0.2) is 10.5 Å². The smallest absolute Gasteiger partial charge is 0.312 e. The molecule has 10 nitrogen and oxygen atoms in total. The average molecular weight is 424 g/mol. The van der Waals surface area contributed by atoms with Crippen LogP contribution < -0.4 is 11.0 Å². The van der Waals surface area contributed by atoms with Crippen LogP contribution in [0.3, 0.4) is 0 Å². The summed E-state index contributed by atoms with van der Waals surface area (Å²) >= 11 is 0. The number of ether oxygens (including phenoxy) is 1. The van der Waals surface area contributed by atoms with Crippen LogP contribution in [0.5, 0.6) is 0 Å². The summed E-state index contributed by atoms with van der Waals surface area (Å²) < 4.78 is 4.68. The molecule has 0 aromatic heterocycles. The zero-order valence-electron chi connectivity index (χ0n) is 17.5. The van der Waals surface area contributed by atoms with Gasteiger partial charge in [-0.1, -0.05) is 44.9 Å². The van der Waals surface area contributed by atoms with Gasteiger partial charge in [0.25, 0.3) is 5.91 Å². The molecule has 3 N–H and O–H groups in total. The Hall–Kier alpha value is -2.20. The summed E-state index contributed by atoms with van der Waals surface area (Å²) in [7, 11) is 1.33. The van der Waals surface area contributed by atoms with Gasteiger partial charge >= 0.3 is 5.97 Å². The van der Waals surface area contributed by atoms with Crippen LogP contribution in [0.4, 0.5) is 0 Å². The summed E-state index contributed by atoms with van der Waals surface area (Å²) in [5.74, 6) is -0.687. The Labute approximate surface area is 176 Å². The van der Waals surface area contributed by atoms with E-state index >= 15 is 0 Å². The minimum absolute atomic E-state index is 0.0384. The Morgan fingerprint density at radius 1 is 1.30 bits per heavy atom. The summed E-state index contributed by atoms with van der Waals surface area (Å²) in [5.41, 5.74) is 4.28. The first kappa shape index (κ1) is 22.5. The van der Waals surface area contributed by atoms with Crippen molar-refractivity contribution in [3.63, 3.8) is 0 Å². The normalized spacial score (nSPS) is 23.2. The van der Waals surface area contributed by atoms with E-state index in [9.17, 15) is 14.4 Å². The maximum absolute atomic E-state index is 12.6. The Bertz CT molecular complexity index is 658. The van der Waals surface area contributed by atoms with Crippen LogP contribution in [0.15, 0.2) is 4.99 Å². The van der Waals surface area contributed by atoms with Crippen molar-refractivity contribution in [1.82, 2.24) is 15.9 Å². The number of esters is 1. The highest BCUT2D eigenvalue weighted by Gasteiger charge is 2.41. The van der Waals surface area contributed by atoms with Crippen molar-refractivity contribution >= 4 is 23.7 Å². The third-order valence-corrected chi connectivity index (χ3v) is 6.29. The van der Waals surface area contributed by atoms with Crippen molar-refractivity contribution < 1.29 is 29.2 Å². The lowest BCUT2D eigenvalue weighted by atomic mass is 9.84. The van der Waals surface area contributed by atoms with Crippen molar-refractivity contribution in [2.24, 2.45) is 22.7 Å². The van der Waals surface area contributed by atoms with Crippen LogP contribution >= 0.6 is 0 Å². The molecule has 1 saturated heterocycles. The molecule has 1 unspecified atom stereocenters. The average Bonchev–Trinajstić information content (AvgIpc) is 3.22. The lowest BCUT2D eigenvalue weighted by Crippen LogP contribution is -2.57. The molecular weight excluding hydrogens is 392 g/mol. The van der Waals surface area contributed by atoms with Gasteiger partial charge in [-0.3, -0.25) is 19.6 Å². The van der Waals surface area contributed by atoms with Crippen molar-refractivity contribution in [2.45, 2.75) is 64.0 Å². The molecule has 3 rings (SSSR count). The number of amides is 2. The van der Waals surface area contributed by atoms with Gasteiger partial charge in [-0.05, 0) is 12.3 Å². The number of methoxy groups -OCH3 is 1. The van der Waals surface area contributed by atoms with E-state index in [0.29, 0.717) is 25.4 Å². The van der Waals surface area contributed by atoms with Gasteiger partial charge in [0.15, 0.2) is 0 Å². The van der Waals surface area contributed by atoms with E-state index in [-0.39, 0.29) is 30.1 Å². The second-order valence-corrected chi connectivity index (χ2v) is 8.42. The summed E-state index contributed by atoms with van der Waals surface area (Å²) in [4.78, 5) is 47.1. The van der Waals surface area contributed by atoms with Gasteiger partial charge in [0.2, 0.25) is 18.0 Å². The van der Waals surface area contributed by atoms with E-state index < -0.39 is 12.1 Å². The second-order valence-electron chi connectivity index (χ2n) is 8.42. The Balaban J connectivity index is 1.53. The highest BCUT2D eigenvalue weighted by molar-refractivity contribution is 5.91. The molecule has 2 heterocycles. The fraction of sp³-hybridized carbons (Fsp3) is 0.800. The van der Waals surface area contributed by atoms with Crippen LogP contribution in [0.2, 0.25) is 0 Å². The molecule has 2 amide bonds. The fourth-order valence-electron chi connectivity index (χ4n) is 4.45. The number of nitrogens with zero attached hydrogens (tertiary/aromatic N) is 2. The molecular formula is C20H32N4O6. The predicted octanol–water partition coefficient (Wildman–Crippen LogP) is 1.14. The number of hydrogen-bond acceptors (Lipinski definition) is 8. The van der Waals surface area contributed by atoms with E-state index in [1.807, 2.05) is 0 Å². The molecule has 2 aliphatic heterocycles. The summed E-state index contributed by atoms with van der Waals surface area (Å²) in [6.07, 6.45) is 8.30. The van der Waals surface area contributed by atoms with E-state index in [0.717, 1.165) is 18.8 Å². The molecule has 10 heteroatoms. The molecule has 2 fully saturated rings. The molecule has 3 aliphatic rings. The molecule has 1 aliphatic carbocycles. The van der Waals surface area contributed by atoms with Crippen molar-refractivity contribution in [2.75, 3.05) is 20.2 Å². The Kier molecular flexibility index (Phi) is 8.03. The summed E-state index contributed by atoms with van der Waals surface area (Å²) in [6, 6.07) is 0. The zero-order valence-corrected chi connectivity index (χ0v) is 17.5. The number of rotatable bonds is 9. The van der Waals surface area contributed by atoms with Gasteiger partial charge in [-0.2, -0.15) is 0 Å². The van der Waals surface area contributed by atoms with Gasteiger partial charge < -0.3 is 14.5 Å². The molecule has 0 radical (unpaired) electrons. The first-order valence-corrected chi connectivity index (χ1v) is 10.8. The predicted molar refractivity (Wildman–Crippen MR) is 106 cm³/mol. The topological polar surface area (TPSA) is 130 Å². The van der Waals surface area contributed by atoms with E-state index in [1.165, 1.54) is 44.1 Å². The SMILES string of the molecule is COC(=O)C1CN(C(=O)C2N=C([C@H](CCCC3CCCCC3)CC(=O)NO)ON2)C1. The van der Waals surface area contributed by atoms with Crippen LogP contribution in [-0.4, -0.2) is 60.2 Å². The van der Waals surface area contributed by atoms with Gasteiger partial charge in [0.1, 0.15) is 0 Å². The number of hydrogen-bond donors (Lipinski definition) is 3. The van der Waals surface area contributed by atoms with Crippen LogP contribution in [0.1, 0.15) is 57.8 Å². The van der Waals surface area contributed by atoms with Crippen molar-refractivity contribution in [3.05, 3.63) is 0 Å². The van der Waals surface area contributed by atoms with Crippen LogP contribution in [-0.2, 0) is 24.0 Å². The maximum atomic E-state index is 12.6. The van der Waals surface area contributed by atoms with Crippen molar-refractivity contribution in [3.8, 4) is 0 Å². The third kappa shape index (κ3) is 5.69. The maximum Gasteiger partial charge on any atom is 0.312 e. The molecule has 0 bridgehead atoms.